The van der Waals surface area contributed by atoms with Crippen LogP contribution in [-0.2, 0) is 4.79 Å². The van der Waals surface area contributed by atoms with Gasteiger partial charge in [-0.05, 0) is 67.7 Å². The van der Waals surface area contributed by atoms with E-state index in [1.807, 2.05) is 0 Å². The zero-order valence-corrected chi connectivity index (χ0v) is 15.5. The Bertz CT molecular complexity index is 603. The maximum atomic E-state index is 12.6. The second-order valence-electron chi connectivity index (χ2n) is 7.76. The van der Waals surface area contributed by atoms with Gasteiger partial charge in [-0.25, -0.2) is 0 Å². The zero-order valence-electron chi connectivity index (χ0n) is 14.0. The number of hydrogen-bond donors (Lipinski definition) is 2. The summed E-state index contributed by atoms with van der Waals surface area (Å²) in [6, 6.07) is 8.56. The van der Waals surface area contributed by atoms with Crippen LogP contribution in [0.4, 0.5) is 5.69 Å². The van der Waals surface area contributed by atoms with Gasteiger partial charge in [0.05, 0.1) is 5.92 Å². The van der Waals surface area contributed by atoms with Gasteiger partial charge in [-0.1, -0.05) is 15.9 Å². The highest BCUT2D eigenvalue weighted by Gasteiger charge is 2.49. The molecule has 2 bridgehead atoms. The Morgan fingerprint density at radius 1 is 1.21 bits per heavy atom. The van der Waals surface area contributed by atoms with Crippen molar-refractivity contribution in [2.75, 3.05) is 24.5 Å². The van der Waals surface area contributed by atoms with Crippen LogP contribution in [0.25, 0.3) is 0 Å². The fourth-order valence-electron chi connectivity index (χ4n) is 4.97. The van der Waals surface area contributed by atoms with Crippen molar-refractivity contribution >= 4 is 27.5 Å². The number of rotatable bonds is 4. The van der Waals surface area contributed by atoms with E-state index in [2.05, 4.69) is 50.4 Å². The minimum absolute atomic E-state index is 0.0627. The first-order chi connectivity index (χ1) is 11.6. The predicted molar refractivity (Wildman–Crippen MR) is 99.8 cm³/mol. The maximum absolute atomic E-state index is 12.6. The summed E-state index contributed by atoms with van der Waals surface area (Å²) in [5.74, 6) is 1.93. The predicted octanol–water partition coefficient (Wildman–Crippen LogP) is 2.77. The molecule has 0 spiro atoms. The molecule has 130 valence electrons. The minimum Gasteiger partial charge on any atom is -0.371 e. The molecule has 5 unspecified atom stereocenters. The van der Waals surface area contributed by atoms with Crippen LogP contribution in [-0.4, -0.2) is 31.6 Å². The van der Waals surface area contributed by atoms with Crippen molar-refractivity contribution in [3.8, 4) is 0 Å². The first-order valence-corrected chi connectivity index (χ1v) is 9.95. The molecule has 24 heavy (non-hydrogen) atoms. The van der Waals surface area contributed by atoms with Crippen LogP contribution in [0.2, 0.25) is 0 Å². The van der Waals surface area contributed by atoms with Crippen molar-refractivity contribution in [3.63, 3.8) is 0 Å². The molecule has 1 heterocycles. The van der Waals surface area contributed by atoms with Crippen molar-refractivity contribution in [2.24, 2.45) is 29.4 Å². The number of halogens is 1. The third kappa shape index (κ3) is 3.08. The summed E-state index contributed by atoms with van der Waals surface area (Å²) in [4.78, 5) is 15.0. The van der Waals surface area contributed by atoms with Gasteiger partial charge in [-0.3, -0.25) is 4.79 Å². The highest BCUT2D eigenvalue weighted by atomic mass is 79.9. The van der Waals surface area contributed by atoms with Gasteiger partial charge in [-0.2, -0.15) is 0 Å². The van der Waals surface area contributed by atoms with Gasteiger partial charge < -0.3 is 16.0 Å². The quantitative estimate of drug-likeness (QED) is 0.829. The van der Waals surface area contributed by atoms with Gasteiger partial charge in [0.2, 0.25) is 5.91 Å². The number of hydrogen-bond acceptors (Lipinski definition) is 3. The van der Waals surface area contributed by atoms with E-state index in [4.69, 9.17) is 5.73 Å². The molecule has 0 radical (unpaired) electrons. The van der Waals surface area contributed by atoms with Crippen LogP contribution in [0.5, 0.6) is 0 Å². The molecule has 3 N–H and O–H groups in total. The Balaban J connectivity index is 1.28. The average Bonchev–Trinajstić information content (AvgIpc) is 3.29. The third-order valence-electron chi connectivity index (χ3n) is 6.33. The highest BCUT2D eigenvalue weighted by molar-refractivity contribution is 9.10. The highest BCUT2D eigenvalue weighted by Crippen LogP contribution is 2.47. The summed E-state index contributed by atoms with van der Waals surface area (Å²) in [6.07, 6.45) is 4.72. The van der Waals surface area contributed by atoms with Gasteiger partial charge in [0, 0.05) is 35.8 Å². The van der Waals surface area contributed by atoms with Crippen molar-refractivity contribution < 1.29 is 4.79 Å². The minimum atomic E-state index is 0.0627. The van der Waals surface area contributed by atoms with Gasteiger partial charge >= 0.3 is 0 Å². The Kier molecular flexibility index (Phi) is 4.56. The second-order valence-corrected chi connectivity index (χ2v) is 8.67. The van der Waals surface area contributed by atoms with Crippen LogP contribution in [0.15, 0.2) is 28.7 Å². The first kappa shape index (κ1) is 16.4. The van der Waals surface area contributed by atoms with Crippen LogP contribution >= 0.6 is 15.9 Å². The van der Waals surface area contributed by atoms with E-state index in [1.54, 1.807) is 0 Å². The molecular formula is C19H26BrN3O. The molecule has 3 fully saturated rings. The van der Waals surface area contributed by atoms with Gasteiger partial charge in [0.25, 0.3) is 0 Å². The number of nitrogens with two attached hydrogens (primary N) is 1. The lowest BCUT2D eigenvalue weighted by atomic mass is 9.84. The molecule has 2 aliphatic carbocycles. The molecule has 2 saturated carbocycles. The molecule has 1 aromatic carbocycles. The molecule has 1 aliphatic heterocycles. The first-order valence-electron chi connectivity index (χ1n) is 9.15. The number of benzene rings is 1. The maximum Gasteiger partial charge on any atom is 0.224 e. The average molecular weight is 392 g/mol. The fourth-order valence-corrected chi connectivity index (χ4v) is 5.24. The van der Waals surface area contributed by atoms with E-state index < -0.39 is 0 Å². The molecule has 4 nitrogen and oxygen atoms in total. The van der Waals surface area contributed by atoms with E-state index in [-0.39, 0.29) is 17.9 Å². The van der Waals surface area contributed by atoms with Crippen molar-refractivity contribution in [1.82, 2.24) is 5.32 Å². The van der Waals surface area contributed by atoms with E-state index in [1.165, 1.54) is 24.9 Å². The van der Waals surface area contributed by atoms with Crippen molar-refractivity contribution in [3.05, 3.63) is 28.7 Å². The van der Waals surface area contributed by atoms with E-state index in [0.717, 1.165) is 30.5 Å². The molecule has 4 rings (SSSR count). The van der Waals surface area contributed by atoms with E-state index >= 15 is 0 Å². The lowest BCUT2D eigenvalue weighted by Gasteiger charge is -2.27. The zero-order chi connectivity index (χ0) is 16.7. The molecule has 3 aliphatic rings. The molecular weight excluding hydrogens is 366 g/mol. The number of carbonyl (C=O) groups is 1. The number of anilines is 1. The molecule has 1 saturated heterocycles. The number of nitrogens with one attached hydrogen (secondary N) is 1. The van der Waals surface area contributed by atoms with Crippen molar-refractivity contribution in [1.29, 1.82) is 0 Å². The van der Waals surface area contributed by atoms with E-state index in [0.29, 0.717) is 17.8 Å². The van der Waals surface area contributed by atoms with Gasteiger partial charge in [0.1, 0.15) is 0 Å². The standard InChI is InChI=1S/C19H26BrN3O/c20-15-3-5-16(6-4-15)23-8-7-12(11-23)10-22-19(24)17-13-1-2-14(9-13)18(17)21/h3-6,12-14,17-18H,1-2,7-11,21H2,(H,22,24). The lowest BCUT2D eigenvalue weighted by molar-refractivity contribution is -0.127. The van der Waals surface area contributed by atoms with E-state index in [9.17, 15) is 4.79 Å². The second kappa shape index (κ2) is 6.68. The van der Waals surface area contributed by atoms with Gasteiger partial charge in [-0.15, -0.1) is 0 Å². The summed E-state index contributed by atoms with van der Waals surface area (Å²) >= 11 is 3.48. The summed E-state index contributed by atoms with van der Waals surface area (Å²) in [5.41, 5.74) is 7.55. The van der Waals surface area contributed by atoms with Crippen LogP contribution in [0, 0.1) is 23.7 Å². The molecule has 5 heteroatoms. The monoisotopic (exact) mass is 391 g/mol. The number of amides is 1. The Labute approximate surface area is 152 Å². The molecule has 0 aromatic heterocycles. The van der Waals surface area contributed by atoms with Crippen LogP contribution in [0.3, 0.4) is 0 Å². The smallest absolute Gasteiger partial charge is 0.224 e. The summed E-state index contributed by atoms with van der Waals surface area (Å²) in [6.45, 7) is 2.87. The molecule has 1 amide bonds. The summed E-state index contributed by atoms with van der Waals surface area (Å²) in [7, 11) is 0. The molecule has 1 aromatic rings. The Hall–Kier alpha value is -1.07. The normalized spacial score (nSPS) is 34.8. The summed E-state index contributed by atoms with van der Waals surface area (Å²) in [5, 5.41) is 3.21. The number of carbonyl (C=O) groups excluding carboxylic acids is 1. The molecule has 5 atom stereocenters. The topological polar surface area (TPSA) is 58.4 Å². The van der Waals surface area contributed by atoms with Crippen LogP contribution in [0.1, 0.15) is 25.7 Å². The summed E-state index contributed by atoms with van der Waals surface area (Å²) < 4.78 is 1.11. The fraction of sp³-hybridized carbons (Fsp3) is 0.632. The van der Waals surface area contributed by atoms with Gasteiger partial charge in [0.15, 0.2) is 0 Å². The Morgan fingerprint density at radius 2 is 1.96 bits per heavy atom. The van der Waals surface area contributed by atoms with Crippen LogP contribution < -0.4 is 16.0 Å². The largest absolute Gasteiger partial charge is 0.371 e. The van der Waals surface area contributed by atoms with Crippen molar-refractivity contribution in [2.45, 2.75) is 31.7 Å². The number of nitrogens with zero attached hydrogens (tertiary/aromatic N) is 1. The Morgan fingerprint density at radius 3 is 2.67 bits per heavy atom. The number of fused-ring (bicyclic) bond motifs is 2. The SMILES string of the molecule is NC1C2CCC(C2)C1C(=O)NCC1CCN(c2ccc(Br)cc2)C1. The third-order valence-corrected chi connectivity index (χ3v) is 6.85. The lowest BCUT2D eigenvalue weighted by Crippen LogP contribution is -2.46.